The van der Waals surface area contributed by atoms with Gasteiger partial charge in [-0.3, -0.25) is 4.79 Å². The van der Waals surface area contributed by atoms with Gasteiger partial charge in [0.2, 0.25) is 0 Å². The summed E-state index contributed by atoms with van der Waals surface area (Å²) in [5, 5.41) is 0. The highest BCUT2D eigenvalue weighted by Crippen LogP contribution is 2.25. The molecule has 1 aromatic carbocycles. The standard InChI is InChI=1S/C11H11BrFNO4/c1-6(11(14)16)18-10(15)5-17-9-3-2-7(13)4-8(9)12/h2-4,6H,5H2,1H3,(H2,14,16)/t6-/m1/s1. The Morgan fingerprint density at radius 2 is 2.17 bits per heavy atom. The lowest BCUT2D eigenvalue weighted by Crippen LogP contribution is -2.32. The van der Waals surface area contributed by atoms with Crippen LogP contribution in [0.15, 0.2) is 22.7 Å². The van der Waals surface area contributed by atoms with Gasteiger partial charge in [0, 0.05) is 0 Å². The van der Waals surface area contributed by atoms with Crippen LogP contribution < -0.4 is 10.5 Å². The van der Waals surface area contributed by atoms with Crippen LogP contribution in [0.4, 0.5) is 4.39 Å². The van der Waals surface area contributed by atoms with Crippen molar-refractivity contribution in [3.63, 3.8) is 0 Å². The molecule has 0 saturated heterocycles. The van der Waals surface area contributed by atoms with Crippen molar-refractivity contribution in [3.05, 3.63) is 28.5 Å². The minimum Gasteiger partial charge on any atom is -0.481 e. The van der Waals surface area contributed by atoms with Crippen LogP contribution in [0.5, 0.6) is 5.75 Å². The number of benzene rings is 1. The van der Waals surface area contributed by atoms with Crippen LogP contribution in [0.25, 0.3) is 0 Å². The maximum Gasteiger partial charge on any atom is 0.344 e. The molecule has 0 spiro atoms. The number of primary amides is 1. The van der Waals surface area contributed by atoms with E-state index in [1.165, 1.54) is 25.1 Å². The largest absolute Gasteiger partial charge is 0.481 e. The van der Waals surface area contributed by atoms with Gasteiger partial charge in [-0.1, -0.05) is 0 Å². The van der Waals surface area contributed by atoms with Gasteiger partial charge in [0.05, 0.1) is 4.47 Å². The molecular weight excluding hydrogens is 309 g/mol. The van der Waals surface area contributed by atoms with Gasteiger partial charge in [-0.2, -0.15) is 0 Å². The number of amides is 1. The number of hydrogen-bond donors (Lipinski definition) is 1. The molecule has 0 aliphatic heterocycles. The van der Waals surface area contributed by atoms with Crippen LogP contribution >= 0.6 is 15.9 Å². The molecule has 98 valence electrons. The van der Waals surface area contributed by atoms with Crippen molar-refractivity contribution < 1.29 is 23.5 Å². The molecule has 1 amide bonds. The number of rotatable bonds is 5. The van der Waals surface area contributed by atoms with Crippen molar-refractivity contribution in [1.82, 2.24) is 0 Å². The topological polar surface area (TPSA) is 78.6 Å². The Balaban J connectivity index is 2.50. The van der Waals surface area contributed by atoms with Crippen LogP contribution in [0, 0.1) is 5.82 Å². The van der Waals surface area contributed by atoms with Gasteiger partial charge in [-0.25, -0.2) is 9.18 Å². The van der Waals surface area contributed by atoms with Crippen LogP contribution in [0.1, 0.15) is 6.92 Å². The fraction of sp³-hybridized carbons (Fsp3) is 0.273. The zero-order valence-electron chi connectivity index (χ0n) is 9.48. The molecular formula is C11H11BrFNO4. The van der Waals surface area contributed by atoms with Gasteiger partial charge < -0.3 is 15.2 Å². The molecule has 5 nitrogen and oxygen atoms in total. The molecule has 0 saturated carbocycles. The van der Waals surface area contributed by atoms with Crippen molar-refractivity contribution in [2.45, 2.75) is 13.0 Å². The molecule has 0 aliphatic rings. The lowest BCUT2D eigenvalue weighted by molar-refractivity contribution is -0.155. The molecule has 1 atom stereocenters. The SMILES string of the molecule is C[C@@H](OC(=O)COc1ccc(F)cc1Br)C(N)=O. The van der Waals surface area contributed by atoms with E-state index in [0.717, 1.165) is 0 Å². The van der Waals surface area contributed by atoms with E-state index in [9.17, 15) is 14.0 Å². The fourth-order valence-electron chi connectivity index (χ4n) is 1.02. The number of esters is 1. The van der Waals surface area contributed by atoms with E-state index < -0.39 is 30.4 Å². The fourth-order valence-corrected chi connectivity index (χ4v) is 1.48. The average molecular weight is 320 g/mol. The molecule has 18 heavy (non-hydrogen) atoms. The lowest BCUT2D eigenvalue weighted by Gasteiger charge is -2.11. The molecule has 1 rings (SSSR count). The van der Waals surface area contributed by atoms with Gasteiger partial charge in [0.25, 0.3) is 5.91 Å². The third kappa shape index (κ3) is 4.33. The molecule has 0 unspecified atom stereocenters. The van der Waals surface area contributed by atoms with E-state index >= 15 is 0 Å². The van der Waals surface area contributed by atoms with Crippen LogP contribution in [0.2, 0.25) is 0 Å². The van der Waals surface area contributed by atoms with E-state index in [1.807, 2.05) is 0 Å². The lowest BCUT2D eigenvalue weighted by atomic mass is 10.3. The molecule has 0 fully saturated rings. The van der Waals surface area contributed by atoms with Crippen LogP contribution in [-0.2, 0) is 14.3 Å². The third-order valence-electron chi connectivity index (χ3n) is 1.95. The Bertz CT molecular complexity index is 466. The third-order valence-corrected chi connectivity index (χ3v) is 2.57. The predicted molar refractivity (Wildman–Crippen MR) is 64.3 cm³/mol. The Morgan fingerprint density at radius 1 is 1.50 bits per heavy atom. The van der Waals surface area contributed by atoms with Gasteiger partial charge in [0.1, 0.15) is 11.6 Å². The number of hydrogen-bond acceptors (Lipinski definition) is 4. The normalized spacial score (nSPS) is 11.7. The van der Waals surface area contributed by atoms with Crippen molar-refractivity contribution >= 4 is 27.8 Å². The molecule has 0 heterocycles. The van der Waals surface area contributed by atoms with Crippen LogP contribution in [-0.4, -0.2) is 24.6 Å². The smallest absolute Gasteiger partial charge is 0.344 e. The number of halogens is 2. The summed E-state index contributed by atoms with van der Waals surface area (Å²) in [6.07, 6.45) is -1.02. The second-order valence-corrected chi connectivity index (χ2v) is 4.25. The summed E-state index contributed by atoms with van der Waals surface area (Å²) in [7, 11) is 0. The van der Waals surface area contributed by atoms with E-state index in [1.54, 1.807) is 0 Å². The number of nitrogens with two attached hydrogens (primary N) is 1. The molecule has 7 heteroatoms. The highest BCUT2D eigenvalue weighted by molar-refractivity contribution is 9.10. The number of carbonyl (C=O) groups excluding carboxylic acids is 2. The number of carbonyl (C=O) groups is 2. The second kappa shape index (κ2) is 6.34. The first-order valence-electron chi connectivity index (χ1n) is 4.97. The summed E-state index contributed by atoms with van der Waals surface area (Å²) in [5.74, 6) is -1.62. The second-order valence-electron chi connectivity index (χ2n) is 3.40. The Morgan fingerprint density at radius 3 is 2.72 bits per heavy atom. The van der Waals surface area contributed by atoms with Gasteiger partial charge >= 0.3 is 5.97 Å². The van der Waals surface area contributed by atoms with E-state index in [2.05, 4.69) is 20.7 Å². The summed E-state index contributed by atoms with van der Waals surface area (Å²) in [5.41, 5.74) is 4.93. The van der Waals surface area contributed by atoms with Crippen molar-refractivity contribution in [3.8, 4) is 5.75 Å². The van der Waals surface area contributed by atoms with Gasteiger partial charge in [0.15, 0.2) is 12.7 Å². The van der Waals surface area contributed by atoms with Gasteiger partial charge in [-0.15, -0.1) is 0 Å². The molecule has 0 radical (unpaired) electrons. The predicted octanol–water partition coefficient (Wildman–Crippen LogP) is 1.38. The average Bonchev–Trinajstić information content (AvgIpc) is 2.27. The monoisotopic (exact) mass is 319 g/mol. The minimum absolute atomic E-state index is 0.292. The summed E-state index contributed by atoms with van der Waals surface area (Å²) >= 11 is 3.08. The van der Waals surface area contributed by atoms with Gasteiger partial charge in [-0.05, 0) is 41.1 Å². The maximum absolute atomic E-state index is 12.8. The highest BCUT2D eigenvalue weighted by atomic mass is 79.9. The zero-order chi connectivity index (χ0) is 13.7. The molecule has 1 aromatic rings. The molecule has 0 aromatic heterocycles. The first-order chi connectivity index (χ1) is 8.40. The highest BCUT2D eigenvalue weighted by Gasteiger charge is 2.15. The maximum atomic E-state index is 12.8. The van der Waals surface area contributed by atoms with Crippen molar-refractivity contribution in [1.29, 1.82) is 0 Å². The summed E-state index contributed by atoms with van der Waals surface area (Å²) in [6.45, 7) is 0.954. The first kappa shape index (κ1) is 14.4. The summed E-state index contributed by atoms with van der Waals surface area (Å²) in [6, 6.07) is 3.76. The Kier molecular flexibility index (Phi) is 5.08. The Labute approximate surface area is 111 Å². The molecule has 0 aliphatic carbocycles. The van der Waals surface area contributed by atoms with E-state index in [4.69, 9.17) is 10.5 Å². The summed E-state index contributed by atoms with van der Waals surface area (Å²) < 4.78 is 22.9. The first-order valence-corrected chi connectivity index (χ1v) is 5.76. The Hall–Kier alpha value is -1.63. The molecule has 2 N–H and O–H groups in total. The zero-order valence-corrected chi connectivity index (χ0v) is 11.1. The minimum atomic E-state index is -1.02. The quantitative estimate of drug-likeness (QED) is 0.832. The van der Waals surface area contributed by atoms with E-state index in [-0.39, 0.29) is 0 Å². The van der Waals surface area contributed by atoms with Crippen molar-refractivity contribution in [2.75, 3.05) is 6.61 Å². The molecule has 0 bridgehead atoms. The van der Waals surface area contributed by atoms with E-state index in [0.29, 0.717) is 10.2 Å². The van der Waals surface area contributed by atoms with Crippen molar-refractivity contribution in [2.24, 2.45) is 5.73 Å². The van der Waals surface area contributed by atoms with Crippen LogP contribution in [0.3, 0.4) is 0 Å². The number of ether oxygens (including phenoxy) is 2. The summed E-state index contributed by atoms with van der Waals surface area (Å²) in [4.78, 5) is 21.9.